The van der Waals surface area contributed by atoms with Crippen LogP contribution in [0.3, 0.4) is 0 Å². The Morgan fingerprint density at radius 2 is 2.00 bits per heavy atom. The van der Waals surface area contributed by atoms with Gasteiger partial charge in [0, 0.05) is 44.0 Å². The number of amides is 1. The van der Waals surface area contributed by atoms with Gasteiger partial charge in [-0.05, 0) is 37.1 Å². The Kier molecular flexibility index (Phi) is 5.49. The number of piperazine rings is 1. The first-order valence-electron chi connectivity index (χ1n) is 10.1. The lowest BCUT2D eigenvalue weighted by Crippen LogP contribution is -2.60. The van der Waals surface area contributed by atoms with Gasteiger partial charge in [-0.1, -0.05) is 30.3 Å². The second-order valence-corrected chi connectivity index (χ2v) is 7.93. The molecule has 0 spiro atoms. The third kappa shape index (κ3) is 4.10. The van der Waals surface area contributed by atoms with Gasteiger partial charge in [0.05, 0.1) is 16.9 Å². The van der Waals surface area contributed by atoms with Crippen LogP contribution in [0.4, 0.5) is 11.4 Å². The van der Waals surface area contributed by atoms with Crippen LogP contribution in [-0.4, -0.2) is 55.0 Å². The fourth-order valence-electron chi connectivity index (χ4n) is 4.47. The van der Waals surface area contributed by atoms with Gasteiger partial charge >= 0.3 is 0 Å². The Balaban J connectivity index is 1.52. The molecule has 2 heterocycles. The monoisotopic (exact) mass is 394 g/mol. The van der Waals surface area contributed by atoms with E-state index in [1.165, 1.54) is 5.56 Å². The molecular formula is C22H26N4O3. The van der Waals surface area contributed by atoms with Gasteiger partial charge in [-0.15, -0.1) is 0 Å². The molecule has 29 heavy (non-hydrogen) atoms. The molecule has 4 rings (SSSR count). The number of fused-ring (bicyclic) bond motifs is 3. The average Bonchev–Trinajstić information content (AvgIpc) is 2.73. The number of anilines is 1. The lowest BCUT2D eigenvalue weighted by atomic mass is 9.83. The maximum Gasteiger partial charge on any atom is 0.269 e. The predicted molar refractivity (Wildman–Crippen MR) is 112 cm³/mol. The van der Waals surface area contributed by atoms with Crippen LogP contribution in [0.25, 0.3) is 0 Å². The van der Waals surface area contributed by atoms with E-state index in [9.17, 15) is 14.9 Å². The highest BCUT2D eigenvalue weighted by atomic mass is 16.6. The molecule has 0 radical (unpaired) electrons. The molecule has 0 unspecified atom stereocenters. The van der Waals surface area contributed by atoms with Crippen molar-refractivity contribution in [1.29, 1.82) is 0 Å². The Hall–Kier alpha value is -2.93. The third-order valence-corrected chi connectivity index (χ3v) is 6.00. The largest absolute Gasteiger partial charge is 0.365 e. The van der Waals surface area contributed by atoms with Crippen molar-refractivity contribution in [2.24, 2.45) is 5.92 Å². The van der Waals surface area contributed by atoms with Crippen molar-refractivity contribution in [3.63, 3.8) is 0 Å². The number of nitrogens with one attached hydrogen (secondary N) is 1. The van der Waals surface area contributed by atoms with Crippen molar-refractivity contribution in [1.82, 2.24) is 10.2 Å². The first-order valence-corrected chi connectivity index (χ1v) is 10.1. The fourth-order valence-corrected chi connectivity index (χ4v) is 4.47. The van der Waals surface area contributed by atoms with Crippen LogP contribution in [0, 0.1) is 16.0 Å². The molecule has 0 aliphatic carbocycles. The summed E-state index contributed by atoms with van der Waals surface area (Å²) in [6, 6.07) is 15.2. The van der Waals surface area contributed by atoms with E-state index < -0.39 is 0 Å². The van der Waals surface area contributed by atoms with Crippen molar-refractivity contribution in [3.8, 4) is 0 Å². The first kappa shape index (κ1) is 19.4. The number of rotatable bonds is 5. The number of hydrogen-bond donors (Lipinski definition) is 1. The molecule has 2 aromatic rings. The summed E-state index contributed by atoms with van der Waals surface area (Å²) in [5, 5.41) is 14.3. The highest BCUT2D eigenvalue weighted by Gasteiger charge is 2.41. The van der Waals surface area contributed by atoms with Crippen LogP contribution in [-0.2, 0) is 17.6 Å². The number of carbonyl (C=O) groups excluding carboxylic acids is 1. The molecule has 152 valence electrons. The molecule has 2 aromatic carbocycles. The van der Waals surface area contributed by atoms with Gasteiger partial charge < -0.3 is 15.1 Å². The van der Waals surface area contributed by atoms with E-state index in [4.69, 9.17) is 0 Å². The van der Waals surface area contributed by atoms with E-state index in [1.807, 2.05) is 24.3 Å². The molecule has 0 bridgehead atoms. The van der Waals surface area contributed by atoms with Gasteiger partial charge in [0.15, 0.2) is 0 Å². The van der Waals surface area contributed by atoms with Crippen molar-refractivity contribution in [2.75, 3.05) is 38.1 Å². The number of benzene rings is 2. The summed E-state index contributed by atoms with van der Waals surface area (Å²) in [5.74, 6) is -0.189. The number of nitro benzene ring substituents is 1. The van der Waals surface area contributed by atoms with Gasteiger partial charge in [-0.25, -0.2) is 0 Å². The Bertz CT molecular complexity index is 902. The molecule has 1 saturated heterocycles. The summed E-state index contributed by atoms with van der Waals surface area (Å²) in [6.45, 7) is 3.13. The molecule has 1 fully saturated rings. The minimum absolute atomic E-state index is 0.0309. The van der Waals surface area contributed by atoms with E-state index >= 15 is 0 Å². The first-order chi connectivity index (χ1) is 14.0. The summed E-state index contributed by atoms with van der Waals surface area (Å²) in [5.41, 5.74) is 3.20. The van der Waals surface area contributed by atoms with Gasteiger partial charge in [-0.3, -0.25) is 14.9 Å². The zero-order chi connectivity index (χ0) is 20.4. The van der Waals surface area contributed by atoms with Crippen LogP contribution >= 0.6 is 0 Å². The lowest BCUT2D eigenvalue weighted by molar-refractivity contribution is -0.384. The van der Waals surface area contributed by atoms with Gasteiger partial charge in [-0.2, -0.15) is 0 Å². The van der Waals surface area contributed by atoms with Gasteiger partial charge in [0.25, 0.3) is 5.69 Å². The molecule has 2 atom stereocenters. The van der Waals surface area contributed by atoms with Crippen LogP contribution in [0.5, 0.6) is 0 Å². The molecule has 0 aromatic heterocycles. The zero-order valence-corrected chi connectivity index (χ0v) is 16.6. The van der Waals surface area contributed by atoms with E-state index in [-0.39, 0.29) is 28.5 Å². The fraction of sp³-hybridized carbons (Fsp3) is 0.409. The second kappa shape index (κ2) is 8.21. The second-order valence-electron chi connectivity index (χ2n) is 7.93. The topological polar surface area (TPSA) is 78.7 Å². The molecule has 1 N–H and O–H groups in total. The van der Waals surface area contributed by atoms with E-state index in [0.29, 0.717) is 13.0 Å². The van der Waals surface area contributed by atoms with Gasteiger partial charge in [0.1, 0.15) is 0 Å². The number of nitro groups is 1. The maximum absolute atomic E-state index is 13.1. The standard InChI is InChI=1S/C22H26N4O3/c1-24-11-12-25-20-8-7-18(26(28)29)13-17(20)14-19(21(25)15-24)22(27)23-10-9-16-5-3-2-4-6-16/h2-8,13,19,21H,9-12,14-15H2,1H3,(H,23,27)/t19-,21+/m0/s1. The van der Waals surface area contributed by atoms with Crippen molar-refractivity contribution >= 4 is 17.3 Å². The predicted octanol–water partition coefficient (Wildman–Crippen LogP) is 2.25. The molecule has 7 nitrogen and oxygen atoms in total. The SMILES string of the molecule is CN1CCN2c3ccc([N+](=O)[O-])cc3C[C@H](C(=O)NCCc3ccccc3)[C@H]2C1. The minimum atomic E-state index is -0.370. The molecule has 0 saturated carbocycles. The maximum atomic E-state index is 13.1. The number of hydrogen-bond acceptors (Lipinski definition) is 5. The molecular weight excluding hydrogens is 368 g/mol. The number of non-ortho nitro benzene ring substituents is 1. The summed E-state index contributed by atoms with van der Waals surface area (Å²) in [6.07, 6.45) is 1.32. The average molecular weight is 394 g/mol. The smallest absolute Gasteiger partial charge is 0.269 e. The molecule has 2 aliphatic heterocycles. The third-order valence-electron chi connectivity index (χ3n) is 6.00. The summed E-state index contributed by atoms with van der Waals surface area (Å²) < 4.78 is 0. The molecule has 1 amide bonds. The van der Waals surface area contributed by atoms with Crippen LogP contribution in [0.1, 0.15) is 11.1 Å². The van der Waals surface area contributed by atoms with Crippen LogP contribution in [0.15, 0.2) is 48.5 Å². The lowest BCUT2D eigenvalue weighted by Gasteiger charge is -2.48. The Labute approximate surface area is 170 Å². The quantitative estimate of drug-likeness (QED) is 0.622. The number of nitrogens with zero attached hydrogens (tertiary/aromatic N) is 3. The van der Waals surface area contributed by atoms with Crippen molar-refractivity contribution in [3.05, 3.63) is 69.8 Å². The van der Waals surface area contributed by atoms with E-state index in [0.717, 1.165) is 37.3 Å². The summed E-state index contributed by atoms with van der Waals surface area (Å²) in [7, 11) is 2.08. The molecule has 7 heteroatoms. The summed E-state index contributed by atoms with van der Waals surface area (Å²) >= 11 is 0. The van der Waals surface area contributed by atoms with Crippen molar-refractivity contribution < 1.29 is 9.72 Å². The summed E-state index contributed by atoms with van der Waals surface area (Å²) in [4.78, 5) is 28.4. The number of likely N-dealkylation sites (N-methyl/N-ethyl adjacent to an activating group) is 1. The Morgan fingerprint density at radius 3 is 2.76 bits per heavy atom. The van der Waals surface area contributed by atoms with Crippen molar-refractivity contribution in [2.45, 2.75) is 18.9 Å². The van der Waals surface area contributed by atoms with E-state index in [2.05, 4.69) is 34.3 Å². The highest BCUT2D eigenvalue weighted by Crippen LogP contribution is 2.37. The Morgan fingerprint density at radius 1 is 1.21 bits per heavy atom. The van der Waals surface area contributed by atoms with Crippen LogP contribution in [0.2, 0.25) is 0 Å². The number of carbonyl (C=O) groups is 1. The van der Waals surface area contributed by atoms with E-state index in [1.54, 1.807) is 12.1 Å². The van der Waals surface area contributed by atoms with Gasteiger partial charge in [0.2, 0.25) is 5.91 Å². The molecule has 2 aliphatic rings. The highest BCUT2D eigenvalue weighted by molar-refractivity contribution is 5.82. The minimum Gasteiger partial charge on any atom is -0.365 e. The van der Waals surface area contributed by atoms with Crippen LogP contribution < -0.4 is 10.2 Å². The zero-order valence-electron chi connectivity index (χ0n) is 16.6. The normalized spacial score (nSPS) is 21.2.